The van der Waals surface area contributed by atoms with E-state index in [0.717, 1.165) is 14.7 Å². The van der Waals surface area contributed by atoms with Crippen molar-refractivity contribution in [2.45, 2.75) is 6.92 Å². The van der Waals surface area contributed by atoms with E-state index >= 15 is 0 Å². The van der Waals surface area contributed by atoms with Gasteiger partial charge in [0.05, 0.1) is 35.0 Å². The number of aromatic nitrogens is 1. The van der Waals surface area contributed by atoms with E-state index in [2.05, 4.69) is 26.2 Å². The summed E-state index contributed by atoms with van der Waals surface area (Å²) < 4.78 is 12.2. The molecule has 0 aliphatic rings. The number of methoxy groups -OCH3 is 2. The second-order valence-corrected chi connectivity index (χ2v) is 7.58. The molecule has 0 radical (unpaired) electrons. The smallest absolute Gasteiger partial charge is 0.261 e. The molecule has 0 saturated carbocycles. The van der Waals surface area contributed by atoms with Crippen LogP contribution in [0.4, 0.5) is 5.13 Å². The average molecular weight is 442 g/mol. The van der Waals surface area contributed by atoms with Gasteiger partial charge < -0.3 is 9.47 Å². The fraction of sp³-hybridized carbons (Fsp3) is 0.176. The Morgan fingerprint density at radius 2 is 2.00 bits per heavy atom. The first kappa shape index (κ1) is 18.0. The van der Waals surface area contributed by atoms with Gasteiger partial charge in [-0.15, -0.1) is 0 Å². The number of rotatable bonds is 4. The van der Waals surface area contributed by atoms with Crippen LogP contribution in [-0.4, -0.2) is 25.1 Å². The maximum atomic E-state index is 12.7. The van der Waals surface area contributed by atoms with Crippen molar-refractivity contribution < 1.29 is 14.3 Å². The highest BCUT2D eigenvalue weighted by Crippen LogP contribution is 2.35. The van der Waals surface area contributed by atoms with Crippen LogP contribution < -0.4 is 14.8 Å². The number of anilines is 1. The molecule has 0 bridgehead atoms. The molecule has 1 N–H and O–H groups in total. The normalized spacial score (nSPS) is 10.8. The summed E-state index contributed by atoms with van der Waals surface area (Å²) in [7, 11) is 3.09. The largest absolute Gasteiger partial charge is 0.496 e. The highest BCUT2D eigenvalue weighted by Gasteiger charge is 2.18. The maximum absolute atomic E-state index is 12.7. The summed E-state index contributed by atoms with van der Waals surface area (Å²) in [5.41, 5.74) is 2.00. The van der Waals surface area contributed by atoms with Crippen LogP contribution in [0.5, 0.6) is 11.5 Å². The second kappa shape index (κ2) is 7.19. The number of nitrogens with zero attached hydrogens (tertiary/aromatic N) is 1. The molecule has 3 rings (SSSR count). The third-order valence-electron chi connectivity index (χ3n) is 3.57. The van der Waals surface area contributed by atoms with Crippen LogP contribution in [0.15, 0.2) is 28.7 Å². The van der Waals surface area contributed by atoms with Crippen molar-refractivity contribution >= 4 is 60.1 Å². The Morgan fingerprint density at radius 1 is 1.24 bits per heavy atom. The number of fused-ring (bicyclic) bond motifs is 1. The molecule has 0 unspecified atom stereocenters. The van der Waals surface area contributed by atoms with Crippen LogP contribution in [0.25, 0.3) is 10.2 Å². The number of carbonyl (C=O) groups is 1. The van der Waals surface area contributed by atoms with E-state index in [1.807, 2.05) is 13.0 Å². The van der Waals surface area contributed by atoms with Gasteiger partial charge in [-0.2, -0.15) is 0 Å². The van der Waals surface area contributed by atoms with Crippen molar-refractivity contribution in [1.29, 1.82) is 0 Å². The maximum Gasteiger partial charge on any atom is 0.261 e. The predicted octanol–water partition coefficient (Wildman–Crippen LogP) is 5.29. The molecule has 0 fully saturated rings. The van der Waals surface area contributed by atoms with Gasteiger partial charge in [0.2, 0.25) is 0 Å². The van der Waals surface area contributed by atoms with E-state index in [-0.39, 0.29) is 5.91 Å². The lowest BCUT2D eigenvalue weighted by molar-refractivity contribution is 0.102. The number of thiazole rings is 1. The molecule has 1 amide bonds. The summed E-state index contributed by atoms with van der Waals surface area (Å²) in [5, 5.41) is 3.77. The van der Waals surface area contributed by atoms with E-state index in [0.29, 0.717) is 32.7 Å². The Balaban J connectivity index is 1.95. The minimum atomic E-state index is -0.293. The van der Waals surface area contributed by atoms with Crippen molar-refractivity contribution in [3.05, 3.63) is 44.9 Å². The Bertz CT molecular complexity index is 974. The van der Waals surface area contributed by atoms with Gasteiger partial charge in [-0.05, 0) is 30.7 Å². The van der Waals surface area contributed by atoms with Gasteiger partial charge in [0, 0.05) is 10.5 Å². The number of benzene rings is 2. The van der Waals surface area contributed by atoms with Crippen LogP contribution in [0.3, 0.4) is 0 Å². The Hall–Kier alpha value is -1.83. The molecule has 0 aliphatic carbocycles. The summed E-state index contributed by atoms with van der Waals surface area (Å²) in [6, 6.07) is 7.12. The minimum Gasteiger partial charge on any atom is -0.496 e. The molecule has 0 atom stereocenters. The highest BCUT2D eigenvalue weighted by molar-refractivity contribution is 9.10. The minimum absolute atomic E-state index is 0.293. The lowest BCUT2D eigenvalue weighted by atomic mass is 10.1. The van der Waals surface area contributed by atoms with Gasteiger partial charge in [0.15, 0.2) is 5.13 Å². The summed E-state index contributed by atoms with van der Waals surface area (Å²) in [4.78, 5) is 17.1. The van der Waals surface area contributed by atoms with Crippen LogP contribution in [0.2, 0.25) is 5.02 Å². The number of carbonyl (C=O) groups excluding carboxylic acids is 1. The first-order valence-corrected chi connectivity index (χ1v) is 9.21. The molecule has 1 aromatic heterocycles. The predicted molar refractivity (Wildman–Crippen MR) is 105 cm³/mol. The number of aryl methyl sites for hydroxylation is 1. The fourth-order valence-electron chi connectivity index (χ4n) is 2.47. The number of ether oxygens (including phenoxy) is 2. The fourth-order valence-corrected chi connectivity index (χ4v) is 4.15. The molecule has 2 aromatic carbocycles. The van der Waals surface area contributed by atoms with Crippen molar-refractivity contribution in [2.24, 2.45) is 0 Å². The number of nitrogens with one attached hydrogen (secondary N) is 1. The summed E-state index contributed by atoms with van der Waals surface area (Å²) in [6.07, 6.45) is 0. The van der Waals surface area contributed by atoms with E-state index in [4.69, 9.17) is 21.1 Å². The number of hydrogen-bond donors (Lipinski definition) is 1. The average Bonchev–Trinajstić information content (AvgIpc) is 2.94. The lowest BCUT2D eigenvalue weighted by Crippen LogP contribution is -2.13. The molecule has 25 heavy (non-hydrogen) atoms. The Labute approximate surface area is 162 Å². The molecule has 1 heterocycles. The van der Waals surface area contributed by atoms with Gasteiger partial charge in [0.25, 0.3) is 5.91 Å². The molecule has 130 valence electrons. The van der Waals surface area contributed by atoms with E-state index < -0.39 is 0 Å². The Morgan fingerprint density at radius 3 is 2.68 bits per heavy atom. The highest BCUT2D eigenvalue weighted by atomic mass is 79.9. The molecule has 5 nitrogen and oxygen atoms in total. The standard InChI is InChI=1S/C17H14BrClN2O3S/c1-8-4-9(18)5-10(15(8)24-3)16(22)21-17-20-12-6-11(19)13(23-2)7-14(12)25-17/h4-7H,1-3H3,(H,20,21,22). The van der Waals surface area contributed by atoms with E-state index in [1.165, 1.54) is 11.3 Å². The van der Waals surface area contributed by atoms with Gasteiger partial charge in [-0.25, -0.2) is 4.98 Å². The van der Waals surface area contributed by atoms with Crippen molar-refractivity contribution in [1.82, 2.24) is 4.98 Å². The lowest BCUT2D eigenvalue weighted by Gasteiger charge is -2.11. The monoisotopic (exact) mass is 440 g/mol. The summed E-state index contributed by atoms with van der Waals surface area (Å²) >= 11 is 10.9. The zero-order chi connectivity index (χ0) is 18.1. The number of amides is 1. The summed E-state index contributed by atoms with van der Waals surface area (Å²) in [5.74, 6) is 0.810. The number of hydrogen-bond acceptors (Lipinski definition) is 5. The molecule has 8 heteroatoms. The van der Waals surface area contributed by atoms with Gasteiger partial charge >= 0.3 is 0 Å². The van der Waals surface area contributed by atoms with Crippen LogP contribution in [-0.2, 0) is 0 Å². The first-order chi connectivity index (χ1) is 11.9. The van der Waals surface area contributed by atoms with Gasteiger partial charge in [-0.1, -0.05) is 38.9 Å². The molecule has 0 aliphatic heterocycles. The van der Waals surface area contributed by atoms with Crippen LogP contribution in [0.1, 0.15) is 15.9 Å². The van der Waals surface area contributed by atoms with Crippen molar-refractivity contribution in [3.8, 4) is 11.5 Å². The molecular formula is C17H14BrClN2O3S. The Kier molecular flexibility index (Phi) is 5.17. The zero-order valence-corrected chi connectivity index (χ0v) is 16.8. The molecule has 0 spiro atoms. The van der Waals surface area contributed by atoms with Gasteiger partial charge in [-0.3, -0.25) is 10.1 Å². The number of halogens is 2. The van der Waals surface area contributed by atoms with Crippen molar-refractivity contribution in [2.75, 3.05) is 19.5 Å². The summed E-state index contributed by atoms with van der Waals surface area (Å²) in [6.45, 7) is 1.88. The molecule has 0 saturated heterocycles. The molecule has 3 aromatic rings. The quantitative estimate of drug-likeness (QED) is 0.597. The van der Waals surface area contributed by atoms with Crippen molar-refractivity contribution in [3.63, 3.8) is 0 Å². The van der Waals surface area contributed by atoms with E-state index in [1.54, 1.807) is 32.4 Å². The van der Waals surface area contributed by atoms with Crippen LogP contribution in [0, 0.1) is 6.92 Å². The third-order valence-corrected chi connectivity index (χ3v) is 5.26. The van der Waals surface area contributed by atoms with Gasteiger partial charge in [0.1, 0.15) is 11.5 Å². The van der Waals surface area contributed by atoms with E-state index in [9.17, 15) is 4.79 Å². The topological polar surface area (TPSA) is 60.5 Å². The third kappa shape index (κ3) is 3.58. The SMILES string of the molecule is COc1cc2sc(NC(=O)c3cc(Br)cc(C)c3OC)nc2cc1Cl. The first-order valence-electron chi connectivity index (χ1n) is 7.22. The zero-order valence-electron chi connectivity index (χ0n) is 13.6. The second-order valence-electron chi connectivity index (χ2n) is 5.23. The van der Waals surface area contributed by atoms with Crippen LogP contribution >= 0.6 is 38.9 Å². The molecular weight excluding hydrogens is 428 g/mol.